The van der Waals surface area contributed by atoms with Crippen molar-refractivity contribution in [2.75, 3.05) is 25.6 Å². The van der Waals surface area contributed by atoms with Crippen LogP contribution in [-0.4, -0.2) is 26.2 Å². The molecule has 1 aromatic rings. The number of rotatable bonds is 7. The van der Waals surface area contributed by atoms with Gasteiger partial charge in [0.15, 0.2) is 0 Å². The van der Waals surface area contributed by atoms with E-state index in [9.17, 15) is 0 Å². The predicted octanol–water partition coefficient (Wildman–Crippen LogP) is 3.99. The molecule has 0 spiro atoms. The van der Waals surface area contributed by atoms with Crippen LogP contribution in [-0.2, 0) is 0 Å². The van der Waals surface area contributed by atoms with Crippen LogP contribution in [0.3, 0.4) is 0 Å². The summed E-state index contributed by atoms with van der Waals surface area (Å²) in [5.41, 5.74) is 2.60. The van der Waals surface area contributed by atoms with Crippen molar-refractivity contribution in [3.63, 3.8) is 0 Å². The zero-order chi connectivity index (χ0) is 15.3. The minimum absolute atomic E-state index is 0.118. The molecule has 0 aliphatic carbocycles. The van der Waals surface area contributed by atoms with E-state index in [1.54, 1.807) is 7.11 Å². The summed E-state index contributed by atoms with van der Waals surface area (Å²) in [7, 11) is 3.91. The van der Waals surface area contributed by atoms with Gasteiger partial charge in [0, 0.05) is 29.9 Å². The van der Waals surface area contributed by atoms with Crippen molar-refractivity contribution >= 4 is 5.69 Å². The van der Waals surface area contributed by atoms with Gasteiger partial charge in [-0.25, -0.2) is 0 Å². The van der Waals surface area contributed by atoms with Gasteiger partial charge in [0.1, 0.15) is 5.75 Å². The SMILES string of the molecule is CCNC(C)c1c(OC)cccc1N(C)C(C)(C)CC. The summed E-state index contributed by atoms with van der Waals surface area (Å²) in [4.78, 5) is 2.36. The van der Waals surface area contributed by atoms with E-state index in [-0.39, 0.29) is 11.6 Å². The maximum absolute atomic E-state index is 5.58. The van der Waals surface area contributed by atoms with E-state index in [4.69, 9.17) is 4.74 Å². The van der Waals surface area contributed by atoms with Crippen molar-refractivity contribution in [1.82, 2.24) is 5.32 Å². The zero-order valence-electron chi connectivity index (χ0n) is 14.1. The Morgan fingerprint density at radius 2 is 1.95 bits per heavy atom. The lowest BCUT2D eigenvalue weighted by atomic mass is 9.96. The predicted molar refractivity (Wildman–Crippen MR) is 87.9 cm³/mol. The smallest absolute Gasteiger partial charge is 0.125 e. The van der Waals surface area contributed by atoms with E-state index in [0.717, 1.165) is 18.7 Å². The second-order valence-electron chi connectivity index (χ2n) is 5.90. The van der Waals surface area contributed by atoms with Crippen molar-refractivity contribution < 1.29 is 4.74 Å². The minimum atomic E-state index is 0.118. The largest absolute Gasteiger partial charge is 0.496 e. The normalized spacial score (nSPS) is 13.2. The second-order valence-corrected chi connectivity index (χ2v) is 5.90. The number of benzene rings is 1. The van der Waals surface area contributed by atoms with Crippen molar-refractivity contribution in [2.45, 2.75) is 52.6 Å². The van der Waals surface area contributed by atoms with E-state index >= 15 is 0 Å². The number of ether oxygens (including phenoxy) is 1. The van der Waals surface area contributed by atoms with Crippen LogP contribution in [0.25, 0.3) is 0 Å². The molecule has 114 valence electrons. The Balaban J connectivity index is 3.31. The van der Waals surface area contributed by atoms with Crippen LogP contribution in [0.15, 0.2) is 18.2 Å². The summed E-state index contributed by atoms with van der Waals surface area (Å²) < 4.78 is 5.58. The number of methoxy groups -OCH3 is 1. The first-order chi connectivity index (χ1) is 9.38. The van der Waals surface area contributed by atoms with Crippen molar-refractivity contribution in [2.24, 2.45) is 0 Å². The molecular formula is C17H30N2O. The number of anilines is 1. The molecule has 0 heterocycles. The average molecular weight is 278 g/mol. The highest BCUT2D eigenvalue weighted by molar-refractivity contribution is 5.61. The van der Waals surface area contributed by atoms with Crippen molar-refractivity contribution in [3.05, 3.63) is 23.8 Å². The third-order valence-electron chi connectivity index (χ3n) is 4.34. The van der Waals surface area contributed by atoms with Gasteiger partial charge in [0.2, 0.25) is 0 Å². The zero-order valence-corrected chi connectivity index (χ0v) is 14.1. The second kappa shape index (κ2) is 6.98. The van der Waals surface area contributed by atoms with Crippen LogP contribution in [0.5, 0.6) is 5.75 Å². The quantitative estimate of drug-likeness (QED) is 0.816. The lowest BCUT2D eigenvalue weighted by molar-refractivity contribution is 0.400. The van der Waals surface area contributed by atoms with Gasteiger partial charge < -0.3 is 15.0 Å². The number of nitrogens with one attached hydrogen (secondary N) is 1. The van der Waals surface area contributed by atoms with E-state index in [1.165, 1.54) is 11.3 Å². The molecule has 1 atom stereocenters. The molecule has 3 heteroatoms. The molecule has 3 nitrogen and oxygen atoms in total. The molecule has 0 amide bonds. The summed E-state index contributed by atoms with van der Waals surface area (Å²) in [6, 6.07) is 6.56. The molecule has 1 rings (SSSR count). The summed E-state index contributed by atoms with van der Waals surface area (Å²) in [5.74, 6) is 0.953. The van der Waals surface area contributed by atoms with Crippen LogP contribution in [0.4, 0.5) is 5.69 Å². The first-order valence-corrected chi connectivity index (χ1v) is 7.53. The molecule has 0 aliphatic heterocycles. The molecular weight excluding hydrogens is 248 g/mol. The third-order valence-corrected chi connectivity index (χ3v) is 4.34. The fraction of sp³-hybridized carbons (Fsp3) is 0.647. The molecule has 0 radical (unpaired) electrons. The van der Waals surface area contributed by atoms with Crippen LogP contribution in [0.1, 0.15) is 52.6 Å². The lowest BCUT2D eigenvalue weighted by Crippen LogP contribution is -2.41. The van der Waals surface area contributed by atoms with Gasteiger partial charge in [-0.15, -0.1) is 0 Å². The topological polar surface area (TPSA) is 24.5 Å². The average Bonchev–Trinajstić information content (AvgIpc) is 2.45. The minimum Gasteiger partial charge on any atom is -0.496 e. The van der Waals surface area contributed by atoms with Gasteiger partial charge >= 0.3 is 0 Å². The maximum Gasteiger partial charge on any atom is 0.125 e. The Labute approximate surface area is 124 Å². The Kier molecular flexibility index (Phi) is 5.88. The summed E-state index contributed by atoms with van der Waals surface area (Å²) in [5, 5.41) is 3.49. The van der Waals surface area contributed by atoms with E-state index in [0.29, 0.717) is 0 Å². The van der Waals surface area contributed by atoms with Gasteiger partial charge in [-0.2, -0.15) is 0 Å². The van der Waals surface area contributed by atoms with Gasteiger partial charge in [-0.05, 0) is 45.9 Å². The maximum atomic E-state index is 5.58. The van der Waals surface area contributed by atoms with Gasteiger partial charge in [-0.1, -0.05) is 19.9 Å². The van der Waals surface area contributed by atoms with E-state index in [2.05, 4.69) is 64.0 Å². The molecule has 1 unspecified atom stereocenters. The third kappa shape index (κ3) is 3.45. The van der Waals surface area contributed by atoms with Crippen LogP contribution < -0.4 is 15.0 Å². The first-order valence-electron chi connectivity index (χ1n) is 7.53. The lowest BCUT2D eigenvalue weighted by Gasteiger charge is -2.39. The molecule has 1 N–H and O–H groups in total. The molecule has 20 heavy (non-hydrogen) atoms. The van der Waals surface area contributed by atoms with E-state index < -0.39 is 0 Å². The van der Waals surface area contributed by atoms with Crippen molar-refractivity contribution in [1.29, 1.82) is 0 Å². The summed E-state index contributed by atoms with van der Waals surface area (Å²) >= 11 is 0. The number of nitrogens with zero attached hydrogens (tertiary/aromatic N) is 1. The Bertz CT molecular complexity index is 429. The fourth-order valence-electron chi connectivity index (χ4n) is 2.41. The molecule has 0 aliphatic rings. The first kappa shape index (κ1) is 16.8. The Morgan fingerprint density at radius 1 is 1.30 bits per heavy atom. The number of hydrogen-bond acceptors (Lipinski definition) is 3. The number of hydrogen-bond donors (Lipinski definition) is 1. The highest BCUT2D eigenvalue weighted by Gasteiger charge is 2.26. The molecule has 0 saturated heterocycles. The molecule has 1 aromatic carbocycles. The molecule has 0 fully saturated rings. The molecule has 0 bridgehead atoms. The van der Waals surface area contributed by atoms with E-state index in [1.807, 2.05) is 6.07 Å². The van der Waals surface area contributed by atoms with Gasteiger partial charge in [-0.3, -0.25) is 0 Å². The van der Waals surface area contributed by atoms with Gasteiger partial charge in [0.25, 0.3) is 0 Å². The van der Waals surface area contributed by atoms with Crippen LogP contribution >= 0.6 is 0 Å². The standard InChI is InChI=1S/C17H30N2O/c1-8-17(4,5)19(6)14-11-10-12-15(20-7)16(14)13(3)18-9-2/h10-13,18H,8-9H2,1-7H3. The summed E-state index contributed by atoms with van der Waals surface area (Å²) in [6.45, 7) is 12.0. The van der Waals surface area contributed by atoms with Crippen LogP contribution in [0, 0.1) is 0 Å². The van der Waals surface area contributed by atoms with Crippen LogP contribution in [0.2, 0.25) is 0 Å². The highest BCUT2D eigenvalue weighted by Crippen LogP contribution is 2.37. The van der Waals surface area contributed by atoms with Gasteiger partial charge in [0.05, 0.1) is 7.11 Å². The fourth-order valence-corrected chi connectivity index (χ4v) is 2.41. The Morgan fingerprint density at radius 3 is 2.45 bits per heavy atom. The van der Waals surface area contributed by atoms with Crippen molar-refractivity contribution in [3.8, 4) is 5.75 Å². The molecule has 0 saturated carbocycles. The molecule has 0 aromatic heterocycles. The monoisotopic (exact) mass is 278 g/mol. The Hall–Kier alpha value is -1.22. The highest BCUT2D eigenvalue weighted by atomic mass is 16.5. The summed E-state index contributed by atoms with van der Waals surface area (Å²) in [6.07, 6.45) is 1.09.